The molecule has 1 aliphatic heterocycles. The molecule has 0 saturated heterocycles. The number of rotatable bonds is 2. The van der Waals surface area contributed by atoms with Gasteiger partial charge in [-0.05, 0) is 75.5 Å². The Morgan fingerprint density at radius 1 is 1.06 bits per heavy atom. The molecule has 0 N–H and O–H groups in total. The predicted octanol–water partition coefficient (Wildman–Crippen LogP) is 3.80. The zero-order valence-corrected chi connectivity index (χ0v) is 11.7. The highest BCUT2D eigenvalue weighted by molar-refractivity contribution is 5.79. The molecule has 0 spiro atoms. The highest BCUT2D eigenvalue weighted by Gasteiger charge is 2.51. The molecule has 0 aromatic carbocycles. The Kier molecular flexibility index (Phi) is 2.21. The molecule has 2 nitrogen and oxygen atoms in total. The molecule has 0 amide bonds. The highest BCUT2D eigenvalue weighted by atomic mass is 16.5. The van der Waals surface area contributed by atoms with E-state index in [2.05, 4.69) is 13.8 Å². The van der Waals surface area contributed by atoms with Gasteiger partial charge in [0.2, 0.25) is 0 Å². The van der Waals surface area contributed by atoms with E-state index in [0.29, 0.717) is 5.41 Å². The van der Waals surface area contributed by atoms with E-state index in [-0.39, 0.29) is 5.54 Å². The van der Waals surface area contributed by atoms with E-state index in [1.165, 1.54) is 38.5 Å². The minimum atomic E-state index is 0.0254. The summed E-state index contributed by atoms with van der Waals surface area (Å²) in [5.74, 6) is 4.17. The maximum Gasteiger partial charge on any atom is 0.184 e. The molecule has 4 bridgehead atoms. The summed E-state index contributed by atoms with van der Waals surface area (Å²) in [6, 6.07) is 0. The van der Waals surface area contributed by atoms with E-state index in [0.717, 1.165) is 36.7 Å². The van der Waals surface area contributed by atoms with Crippen LogP contribution in [0.2, 0.25) is 0 Å². The third kappa shape index (κ3) is 1.80. The van der Waals surface area contributed by atoms with Crippen molar-refractivity contribution in [3.05, 3.63) is 0 Å². The van der Waals surface area contributed by atoms with Gasteiger partial charge in [-0.15, -0.1) is 0 Å². The summed E-state index contributed by atoms with van der Waals surface area (Å²) in [5, 5.41) is 0. The second-order valence-corrected chi connectivity index (χ2v) is 8.20. The van der Waals surface area contributed by atoms with Crippen LogP contribution in [0.15, 0.2) is 4.99 Å². The fraction of sp³-hybridized carbons (Fsp3) is 0.938. The van der Waals surface area contributed by atoms with Crippen molar-refractivity contribution in [1.82, 2.24) is 0 Å². The molecule has 5 aliphatic rings. The summed E-state index contributed by atoms with van der Waals surface area (Å²) < 4.78 is 5.86. The Balaban J connectivity index is 1.55. The lowest BCUT2D eigenvalue weighted by Gasteiger charge is -2.56. The van der Waals surface area contributed by atoms with Gasteiger partial charge in [0.15, 0.2) is 5.90 Å². The molecule has 1 heterocycles. The van der Waals surface area contributed by atoms with Gasteiger partial charge < -0.3 is 4.74 Å². The molecular weight excluding hydrogens is 222 g/mol. The average Bonchev–Trinajstić information content (AvgIpc) is 2.54. The Labute approximate surface area is 110 Å². The van der Waals surface area contributed by atoms with Gasteiger partial charge in [-0.1, -0.05) is 0 Å². The lowest BCUT2D eigenvalue weighted by atomic mass is 9.49. The number of ether oxygens (including phenoxy) is 1. The van der Waals surface area contributed by atoms with Crippen molar-refractivity contribution in [2.24, 2.45) is 28.2 Å². The van der Waals surface area contributed by atoms with Crippen LogP contribution in [-0.2, 0) is 4.74 Å². The van der Waals surface area contributed by atoms with Crippen molar-refractivity contribution in [3.8, 4) is 0 Å². The molecule has 4 saturated carbocycles. The first-order valence-electron chi connectivity index (χ1n) is 7.74. The van der Waals surface area contributed by atoms with Crippen LogP contribution < -0.4 is 0 Å². The summed E-state index contributed by atoms with van der Waals surface area (Å²) in [5.41, 5.74) is 0.603. The summed E-state index contributed by atoms with van der Waals surface area (Å²) >= 11 is 0. The first-order valence-corrected chi connectivity index (χ1v) is 7.74. The molecule has 4 fully saturated rings. The number of aliphatic imine (C=N–C) groups is 1. The van der Waals surface area contributed by atoms with Gasteiger partial charge >= 0.3 is 0 Å². The van der Waals surface area contributed by atoms with Crippen LogP contribution in [0.25, 0.3) is 0 Å². The molecule has 100 valence electrons. The molecule has 0 radical (unpaired) electrons. The van der Waals surface area contributed by atoms with E-state index in [1.54, 1.807) is 0 Å². The zero-order chi connectivity index (χ0) is 12.4. The molecule has 0 atom stereocenters. The molecular formula is C16H25NO. The van der Waals surface area contributed by atoms with Gasteiger partial charge in [0, 0.05) is 6.42 Å². The molecule has 0 unspecified atom stereocenters. The average molecular weight is 247 g/mol. The minimum Gasteiger partial charge on any atom is -0.478 e. The Hall–Kier alpha value is -0.530. The fourth-order valence-corrected chi connectivity index (χ4v) is 5.58. The molecule has 4 aliphatic carbocycles. The second kappa shape index (κ2) is 3.52. The van der Waals surface area contributed by atoms with Gasteiger partial charge in [-0.25, -0.2) is 4.99 Å². The fourth-order valence-electron chi connectivity index (χ4n) is 5.58. The Morgan fingerprint density at radius 3 is 2.06 bits per heavy atom. The van der Waals surface area contributed by atoms with Crippen molar-refractivity contribution in [3.63, 3.8) is 0 Å². The Bertz CT molecular complexity index is 361. The third-order valence-corrected chi connectivity index (χ3v) is 5.71. The number of hydrogen-bond acceptors (Lipinski definition) is 2. The third-order valence-electron chi connectivity index (χ3n) is 5.71. The van der Waals surface area contributed by atoms with Gasteiger partial charge in [0.1, 0.15) is 6.61 Å². The topological polar surface area (TPSA) is 21.6 Å². The van der Waals surface area contributed by atoms with Crippen molar-refractivity contribution in [2.75, 3.05) is 6.61 Å². The maximum atomic E-state index is 5.86. The van der Waals surface area contributed by atoms with E-state index in [1.807, 2.05) is 0 Å². The van der Waals surface area contributed by atoms with Crippen LogP contribution in [0.1, 0.15) is 58.8 Å². The second-order valence-electron chi connectivity index (χ2n) is 8.20. The number of hydrogen-bond donors (Lipinski definition) is 0. The van der Waals surface area contributed by atoms with Crippen LogP contribution >= 0.6 is 0 Å². The monoisotopic (exact) mass is 247 g/mol. The first-order chi connectivity index (χ1) is 8.52. The highest BCUT2D eigenvalue weighted by Crippen LogP contribution is 2.61. The summed E-state index contributed by atoms with van der Waals surface area (Å²) in [7, 11) is 0. The van der Waals surface area contributed by atoms with Crippen molar-refractivity contribution >= 4 is 5.90 Å². The summed E-state index contributed by atoms with van der Waals surface area (Å²) in [4.78, 5) is 4.79. The van der Waals surface area contributed by atoms with E-state index < -0.39 is 0 Å². The largest absolute Gasteiger partial charge is 0.478 e. The van der Waals surface area contributed by atoms with Crippen LogP contribution in [0.5, 0.6) is 0 Å². The van der Waals surface area contributed by atoms with Crippen molar-refractivity contribution in [2.45, 2.75) is 64.3 Å². The molecule has 0 aromatic heterocycles. The quantitative estimate of drug-likeness (QED) is 0.727. The van der Waals surface area contributed by atoms with Crippen LogP contribution in [0, 0.1) is 23.2 Å². The van der Waals surface area contributed by atoms with Gasteiger partial charge in [-0.2, -0.15) is 0 Å². The lowest BCUT2D eigenvalue weighted by molar-refractivity contribution is -0.0502. The Morgan fingerprint density at radius 2 is 1.61 bits per heavy atom. The van der Waals surface area contributed by atoms with Crippen molar-refractivity contribution < 1.29 is 4.74 Å². The first kappa shape index (κ1) is 11.3. The van der Waals surface area contributed by atoms with E-state index >= 15 is 0 Å². The van der Waals surface area contributed by atoms with Gasteiger partial charge in [0.25, 0.3) is 0 Å². The van der Waals surface area contributed by atoms with Crippen LogP contribution in [0.3, 0.4) is 0 Å². The molecule has 5 rings (SSSR count). The molecule has 2 heteroatoms. The normalized spacial score (nSPS) is 48.1. The summed E-state index contributed by atoms with van der Waals surface area (Å²) in [6.07, 6.45) is 10.1. The lowest BCUT2D eigenvalue weighted by Crippen LogP contribution is -2.46. The van der Waals surface area contributed by atoms with Crippen molar-refractivity contribution in [1.29, 1.82) is 0 Å². The minimum absolute atomic E-state index is 0.0254. The van der Waals surface area contributed by atoms with Crippen LogP contribution in [-0.4, -0.2) is 18.0 Å². The predicted molar refractivity (Wildman–Crippen MR) is 72.7 cm³/mol. The van der Waals surface area contributed by atoms with E-state index in [9.17, 15) is 0 Å². The maximum absolute atomic E-state index is 5.86. The number of nitrogens with zero attached hydrogens (tertiary/aromatic N) is 1. The smallest absolute Gasteiger partial charge is 0.184 e. The SMILES string of the molecule is CC1(C)COC(CC23CC4CC(CC(C4)C2)C3)=N1. The van der Waals surface area contributed by atoms with Crippen LogP contribution in [0.4, 0.5) is 0 Å². The standard InChI is InChI=1S/C16H25NO/c1-15(2)10-18-14(17-15)9-16-6-11-3-12(7-16)5-13(4-11)8-16/h11-13H,3-10H2,1-2H3. The summed E-state index contributed by atoms with van der Waals surface area (Å²) in [6.45, 7) is 5.15. The molecule has 18 heavy (non-hydrogen) atoms. The zero-order valence-electron chi connectivity index (χ0n) is 11.7. The van der Waals surface area contributed by atoms with Gasteiger partial charge in [0.05, 0.1) is 5.54 Å². The van der Waals surface area contributed by atoms with Gasteiger partial charge in [-0.3, -0.25) is 0 Å². The van der Waals surface area contributed by atoms with E-state index in [4.69, 9.17) is 9.73 Å². The molecule has 0 aromatic rings.